The lowest BCUT2D eigenvalue weighted by Crippen LogP contribution is -2.37. The molecule has 2 aromatic rings. The molecule has 0 saturated heterocycles. The van der Waals surface area contributed by atoms with Crippen LogP contribution in [0.2, 0.25) is 0 Å². The van der Waals surface area contributed by atoms with Crippen molar-refractivity contribution in [2.75, 3.05) is 30.9 Å². The highest BCUT2D eigenvalue weighted by Crippen LogP contribution is 2.32. The summed E-state index contributed by atoms with van der Waals surface area (Å²) in [4.78, 5) is 35.5. The first-order valence-corrected chi connectivity index (χ1v) is 10.9. The molecule has 164 valence electrons. The standard InChI is InChI=1S/C20H20N2O8S/c23-18(13-30-19(24)8-11-31(26,27)15-4-2-1-3-5-15)22-20(25)21-14-6-7-16-17(12-14)29-10-9-28-16/h1-7,12H,8-11,13H2,(H2,21,22,23,25). The van der Waals surface area contributed by atoms with E-state index in [2.05, 4.69) is 5.32 Å². The Hall–Kier alpha value is -3.60. The van der Waals surface area contributed by atoms with Crippen LogP contribution in [0, 0.1) is 0 Å². The van der Waals surface area contributed by atoms with E-state index in [1.165, 1.54) is 12.1 Å². The molecule has 2 aromatic carbocycles. The lowest BCUT2D eigenvalue weighted by Gasteiger charge is -2.19. The number of urea groups is 1. The average molecular weight is 448 g/mol. The number of carbonyl (C=O) groups is 3. The maximum absolute atomic E-state index is 12.1. The number of nitrogens with one attached hydrogen (secondary N) is 2. The van der Waals surface area contributed by atoms with Crippen molar-refractivity contribution in [3.05, 3.63) is 48.5 Å². The minimum atomic E-state index is -3.64. The van der Waals surface area contributed by atoms with Crippen LogP contribution in [-0.2, 0) is 24.2 Å². The van der Waals surface area contributed by atoms with Crippen LogP contribution in [0.15, 0.2) is 53.4 Å². The zero-order valence-corrected chi connectivity index (χ0v) is 17.1. The fourth-order valence-corrected chi connectivity index (χ4v) is 3.87. The van der Waals surface area contributed by atoms with Crippen molar-refractivity contribution in [3.8, 4) is 11.5 Å². The van der Waals surface area contributed by atoms with E-state index in [-0.39, 0.29) is 4.90 Å². The zero-order valence-electron chi connectivity index (χ0n) is 16.3. The van der Waals surface area contributed by atoms with Crippen LogP contribution in [0.25, 0.3) is 0 Å². The second-order valence-electron chi connectivity index (χ2n) is 6.40. The predicted octanol–water partition coefficient (Wildman–Crippen LogP) is 1.51. The van der Waals surface area contributed by atoms with Gasteiger partial charge in [0.15, 0.2) is 27.9 Å². The van der Waals surface area contributed by atoms with Crippen LogP contribution in [0.4, 0.5) is 10.5 Å². The second kappa shape index (κ2) is 9.94. The van der Waals surface area contributed by atoms with Gasteiger partial charge in [0.25, 0.3) is 5.91 Å². The Labute approximate surface area is 178 Å². The van der Waals surface area contributed by atoms with E-state index >= 15 is 0 Å². The maximum atomic E-state index is 12.1. The molecule has 0 radical (unpaired) electrons. The summed E-state index contributed by atoms with van der Waals surface area (Å²) >= 11 is 0. The molecule has 3 rings (SSSR count). The first kappa shape index (κ1) is 22.1. The number of anilines is 1. The monoisotopic (exact) mass is 448 g/mol. The van der Waals surface area contributed by atoms with E-state index in [4.69, 9.17) is 14.2 Å². The number of amides is 3. The smallest absolute Gasteiger partial charge is 0.325 e. The summed E-state index contributed by atoms with van der Waals surface area (Å²) in [7, 11) is -3.64. The largest absolute Gasteiger partial charge is 0.486 e. The summed E-state index contributed by atoms with van der Waals surface area (Å²) in [5.41, 5.74) is 0.373. The number of esters is 1. The highest BCUT2D eigenvalue weighted by atomic mass is 32.2. The number of imide groups is 1. The molecule has 1 aliphatic heterocycles. The van der Waals surface area contributed by atoms with Gasteiger partial charge in [-0.1, -0.05) is 18.2 Å². The number of fused-ring (bicyclic) bond motifs is 1. The van der Waals surface area contributed by atoms with Crippen molar-refractivity contribution >= 4 is 33.4 Å². The fourth-order valence-electron chi connectivity index (χ4n) is 2.63. The van der Waals surface area contributed by atoms with Crippen molar-refractivity contribution in [1.82, 2.24) is 5.32 Å². The van der Waals surface area contributed by atoms with E-state index < -0.39 is 46.5 Å². The van der Waals surface area contributed by atoms with Gasteiger partial charge in [-0.05, 0) is 24.3 Å². The van der Waals surface area contributed by atoms with Gasteiger partial charge in [0, 0.05) is 11.8 Å². The molecule has 0 spiro atoms. The maximum Gasteiger partial charge on any atom is 0.325 e. The van der Waals surface area contributed by atoms with Crippen LogP contribution in [-0.4, -0.2) is 51.9 Å². The Morgan fingerprint density at radius 1 is 0.968 bits per heavy atom. The van der Waals surface area contributed by atoms with Gasteiger partial charge in [0.1, 0.15) is 13.2 Å². The van der Waals surface area contributed by atoms with Crippen LogP contribution in [0.1, 0.15) is 6.42 Å². The molecule has 0 aromatic heterocycles. The van der Waals surface area contributed by atoms with Gasteiger partial charge in [-0.3, -0.25) is 14.9 Å². The van der Waals surface area contributed by atoms with Gasteiger partial charge in [-0.2, -0.15) is 0 Å². The van der Waals surface area contributed by atoms with Gasteiger partial charge in [0.2, 0.25) is 0 Å². The van der Waals surface area contributed by atoms with E-state index in [1.54, 1.807) is 36.4 Å². The lowest BCUT2D eigenvalue weighted by atomic mass is 10.2. The molecule has 3 amide bonds. The molecule has 2 N–H and O–H groups in total. The third kappa shape index (κ3) is 6.44. The molecule has 1 heterocycles. The van der Waals surface area contributed by atoms with Crippen LogP contribution in [0.5, 0.6) is 11.5 Å². The molecular formula is C20H20N2O8S. The topological polar surface area (TPSA) is 137 Å². The van der Waals surface area contributed by atoms with Crippen molar-refractivity contribution in [3.63, 3.8) is 0 Å². The van der Waals surface area contributed by atoms with Crippen molar-refractivity contribution < 1.29 is 37.0 Å². The van der Waals surface area contributed by atoms with Gasteiger partial charge in [-0.25, -0.2) is 13.2 Å². The van der Waals surface area contributed by atoms with Gasteiger partial charge in [0.05, 0.1) is 17.1 Å². The number of benzene rings is 2. The molecule has 0 fully saturated rings. The Balaban J connectivity index is 1.40. The van der Waals surface area contributed by atoms with E-state index in [9.17, 15) is 22.8 Å². The molecule has 0 bridgehead atoms. The lowest BCUT2D eigenvalue weighted by molar-refractivity contribution is -0.147. The van der Waals surface area contributed by atoms with Crippen LogP contribution >= 0.6 is 0 Å². The van der Waals surface area contributed by atoms with E-state index in [0.717, 1.165) is 0 Å². The van der Waals surface area contributed by atoms with Gasteiger partial charge in [-0.15, -0.1) is 0 Å². The quantitative estimate of drug-likeness (QED) is 0.608. The Morgan fingerprint density at radius 2 is 1.68 bits per heavy atom. The molecule has 0 saturated carbocycles. The number of hydrogen-bond donors (Lipinski definition) is 2. The van der Waals surface area contributed by atoms with Crippen LogP contribution < -0.4 is 20.1 Å². The minimum absolute atomic E-state index is 0.0938. The summed E-state index contributed by atoms with van der Waals surface area (Å²) in [6, 6.07) is 11.6. The molecular weight excluding hydrogens is 428 g/mol. The van der Waals surface area contributed by atoms with Gasteiger partial charge < -0.3 is 19.5 Å². The third-order valence-electron chi connectivity index (χ3n) is 4.09. The number of ether oxygens (including phenoxy) is 3. The summed E-state index contributed by atoms with van der Waals surface area (Å²) in [5.74, 6) is -1.18. The summed E-state index contributed by atoms with van der Waals surface area (Å²) < 4.78 is 39.8. The summed E-state index contributed by atoms with van der Waals surface area (Å²) in [6.45, 7) is 0.101. The number of carbonyl (C=O) groups excluding carboxylic acids is 3. The van der Waals surface area contributed by atoms with Crippen molar-refractivity contribution in [2.45, 2.75) is 11.3 Å². The highest BCUT2D eigenvalue weighted by Gasteiger charge is 2.18. The predicted molar refractivity (Wildman–Crippen MR) is 109 cm³/mol. The Bertz CT molecular complexity index is 1070. The molecule has 11 heteroatoms. The molecule has 0 atom stereocenters. The molecule has 0 aliphatic carbocycles. The molecule has 0 unspecified atom stereocenters. The summed E-state index contributed by atoms with van der Waals surface area (Å²) in [5, 5.41) is 4.45. The van der Waals surface area contributed by atoms with Gasteiger partial charge >= 0.3 is 12.0 Å². The fraction of sp³-hybridized carbons (Fsp3) is 0.250. The molecule has 10 nitrogen and oxygen atoms in total. The Kier molecular flexibility index (Phi) is 7.08. The molecule has 31 heavy (non-hydrogen) atoms. The van der Waals surface area contributed by atoms with Crippen LogP contribution in [0.3, 0.4) is 0 Å². The average Bonchev–Trinajstić information content (AvgIpc) is 2.77. The first-order chi connectivity index (χ1) is 14.8. The number of rotatable bonds is 7. The number of hydrogen-bond acceptors (Lipinski definition) is 8. The Morgan fingerprint density at radius 3 is 2.42 bits per heavy atom. The zero-order chi connectivity index (χ0) is 22.3. The van der Waals surface area contributed by atoms with E-state index in [1.807, 2.05) is 5.32 Å². The minimum Gasteiger partial charge on any atom is -0.486 e. The first-order valence-electron chi connectivity index (χ1n) is 9.27. The second-order valence-corrected chi connectivity index (χ2v) is 8.51. The normalized spacial score (nSPS) is 12.5. The van der Waals surface area contributed by atoms with Crippen molar-refractivity contribution in [1.29, 1.82) is 0 Å². The number of sulfone groups is 1. The molecule has 1 aliphatic rings. The SMILES string of the molecule is O=C(COC(=O)CCS(=O)(=O)c1ccccc1)NC(=O)Nc1ccc2c(c1)OCCO2. The van der Waals surface area contributed by atoms with E-state index in [0.29, 0.717) is 30.4 Å². The summed E-state index contributed by atoms with van der Waals surface area (Å²) in [6.07, 6.45) is -0.423. The highest BCUT2D eigenvalue weighted by molar-refractivity contribution is 7.91. The third-order valence-corrected chi connectivity index (χ3v) is 5.83. The van der Waals surface area contributed by atoms with Crippen molar-refractivity contribution in [2.24, 2.45) is 0 Å².